The average Bonchev–Trinajstić information content (AvgIpc) is 3.50. The number of hydrogen-bond donors (Lipinski definition) is 2. The van der Waals surface area contributed by atoms with Crippen molar-refractivity contribution in [1.82, 2.24) is 20.1 Å². The van der Waals surface area contributed by atoms with E-state index in [0.717, 1.165) is 68.7 Å². The van der Waals surface area contributed by atoms with E-state index >= 15 is 0 Å². The lowest BCUT2D eigenvalue weighted by Crippen LogP contribution is -2.42. The molecule has 9 heteroatoms. The fraction of sp³-hybridized carbons (Fsp3) is 0.469. The van der Waals surface area contributed by atoms with Crippen LogP contribution in [0.4, 0.5) is 0 Å². The minimum atomic E-state index is -0.666. The summed E-state index contributed by atoms with van der Waals surface area (Å²) in [6.45, 7) is 7.93. The van der Waals surface area contributed by atoms with Crippen LogP contribution in [0.2, 0.25) is 0 Å². The normalized spacial score (nSPS) is 16.7. The van der Waals surface area contributed by atoms with Gasteiger partial charge in [-0.3, -0.25) is 14.5 Å². The molecular formula is C32H40N4O5. The fourth-order valence-corrected chi connectivity index (χ4v) is 5.95. The van der Waals surface area contributed by atoms with Gasteiger partial charge < -0.3 is 24.5 Å². The molecular weight excluding hydrogens is 520 g/mol. The summed E-state index contributed by atoms with van der Waals surface area (Å²) in [6.07, 6.45) is 6.14. The largest absolute Gasteiger partial charge is 0.485 e. The van der Waals surface area contributed by atoms with E-state index in [1.54, 1.807) is 13.1 Å². The molecule has 0 spiro atoms. The van der Waals surface area contributed by atoms with Crippen LogP contribution < -0.4 is 10.1 Å². The maximum absolute atomic E-state index is 12.9. The lowest BCUT2D eigenvalue weighted by Gasteiger charge is -2.31. The van der Waals surface area contributed by atoms with Gasteiger partial charge in [0.1, 0.15) is 12.4 Å². The highest BCUT2D eigenvalue weighted by atomic mass is 16.5. The van der Waals surface area contributed by atoms with E-state index in [1.165, 1.54) is 17.5 Å². The predicted molar refractivity (Wildman–Crippen MR) is 154 cm³/mol. The van der Waals surface area contributed by atoms with Crippen molar-refractivity contribution in [3.05, 3.63) is 82.6 Å². The van der Waals surface area contributed by atoms with Crippen LogP contribution in [-0.4, -0.2) is 70.5 Å². The second-order valence-corrected chi connectivity index (χ2v) is 11.3. The molecule has 1 aromatic heterocycles. The van der Waals surface area contributed by atoms with Crippen LogP contribution in [0.1, 0.15) is 58.1 Å². The van der Waals surface area contributed by atoms with Crippen LogP contribution in [0.25, 0.3) is 0 Å². The minimum Gasteiger partial charge on any atom is -0.485 e. The quantitative estimate of drug-likeness (QED) is 0.391. The summed E-state index contributed by atoms with van der Waals surface area (Å²) in [4.78, 5) is 32.5. The van der Waals surface area contributed by atoms with E-state index in [9.17, 15) is 14.7 Å². The van der Waals surface area contributed by atoms with Crippen molar-refractivity contribution in [3.8, 4) is 5.75 Å². The number of carbonyl (C=O) groups excluding carboxylic acids is 2. The minimum absolute atomic E-state index is 0.143. The number of carbonyl (C=O) groups is 2. The molecule has 1 atom stereocenters. The highest BCUT2D eigenvalue weighted by molar-refractivity contribution is 5.94. The van der Waals surface area contributed by atoms with Gasteiger partial charge in [0.15, 0.2) is 12.2 Å². The Bertz CT molecular complexity index is 1330. The predicted octanol–water partition coefficient (Wildman–Crippen LogP) is 3.51. The first-order valence-corrected chi connectivity index (χ1v) is 14.5. The molecule has 0 bridgehead atoms. The van der Waals surface area contributed by atoms with Gasteiger partial charge in [-0.05, 0) is 79.0 Å². The smallest absolute Gasteiger partial charge is 0.251 e. The van der Waals surface area contributed by atoms with E-state index in [1.807, 2.05) is 29.2 Å². The summed E-state index contributed by atoms with van der Waals surface area (Å²) in [6, 6.07) is 11.8. The Morgan fingerprint density at radius 1 is 1.20 bits per heavy atom. The standard InChI is InChI=1S/C32H40N4O5/c1-22-30-10-11-35(18-27(30)6-7-31(22)40-20-29-17-33-21-41-29)19-28(38)16-34-32(39)26-5-3-4-25(15-26)14-24-8-12-36(13-9-24)23(2)37/h3-7,15,17,21,24,28,38H,8-14,16,18-20H2,1-2H3,(H,34,39)/t28-/m0/s1. The molecule has 1 saturated heterocycles. The summed E-state index contributed by atoms with van der Waals surface area (Å²) in [5.41, 5.74) is 5.41. The van der Waals surface area contributed by atoms with Crippen molar-refractivity contribution in [3.63, 3.8) is 0 Å². The number of piperidine rings is 1. The third kappa shape index (κ3) is 7.54. The van der Waals surface area contributed by atoms with Gasteiger partial charge in [-0.2, -0.15) is 0 Å². The number of β-amino-alcohol motifs (C(OH)–C–C–N with tert-alkyl or cyclic N) is 1. The second-order valence-electron chi connectivity index (χ2n) is 11.3. The maximum Gasteiger partial charge on any atom is 0.251 e. The molecule has 5 rings (SSSR count). The van der Waals surface area contributed by atoms with Crippen LogP contribution in [0.15, 0.2) is 53.4 Å². The number of aliphatic hydroxyl groups is 1. The lowest BCUT2D eigenvalue weighted by atomic mass is 9.89. The highest BCUT2D eigenvalue weighted by Gasteiger charge is 2.23. The lowest BCUT2D eigenvalue weighted by molar-refractivity contribution is -0.130. The Kier molecular flexibility index (Phi) is 9.36. The van der Waals surface area contributed by atoms with E-state index in [-0.39, 0.29) is 18.4 Å². The van der Waals surface area contributed by atoms with Gasteiger partial charge in [0.25, 0.3) is 5.91 Å². The Morgan fingerprint density at radius 2 is 2.02 bits per heavy atom. The number of aromatic nitrogens is 1. The first-order chi connectivity index (χ1) is 19.9. The molecule has 2 amide bonds. The average molecular weight is 561 g/mol. The molecule has 0 aliphatic carbocycles. The molecule has 9 nitrogen and oxygen atoms in total. The van der Waals surface area contributed by atoms with Crippen molar-refractivity contribution in [1.29, 1.82) is 0 Å². The number of likely N-dealkylation sites (tertiary alicyclic amines) is 1. The molecule has 2 aliphatic heterocycles. The highest BCUT2D eigenvalue weighted by Crippen LogP contribution is 2.30. The summed E-state index contributed by atoms with van der Waals surface area (Å²) in [7, 11) is 0. The monoisotopic (exact) mass is 560 g/mol. The number of amides is 2. The molecule has 2 aliphatic rings. The second kappa shape index (κ2) is 13.3. The molecule has 41 heavy (non-hydrogen) atoms. The third-order valence-corrected chi connectivity index (χ3v) is 8.31. The van der Waals surface area contributed by atoms with Gasteiger partial charge >= 0.3 is 0 Å². The van der Waals surface area contributed by atoms with Crippen molar-refractivity contribution < 1.29 is 23.8 Å². The van der Waals surface area contributed by atoms with E-state index < -0.39 is 6.10 Å². The topological polar surface area (TPSA) is 108 Å². The maximum atomic E-state index is 12.9. The first-order valence-electron chi connectivity index (χ1n) is 14.5. The summed E-state index contributed by atoms with van der Waals surface area (Å²) in [5.74, 6) is 2.02. The molecule has 2 aromatic carbocycles. The Labute approximate surface area is 241 Å². The van der Waals surface area contributed by atoms with Crippen molar-refractivity contribution in [2.24, 2.45) is 5.92 Å². The van der Waals surface area contributed by atoms with E-state index in [2.05, 4.69) is 34.3 Å². The summed E-state index contributed by atoms with van der Waals surface area (Å²) in [5, 5.41) is 13.6. The van der Waals surface area contributed by atoms with E-state index in [4.69, 9.17) is 9.15 Å². The number of benzene rings is 2. The van der Waals surface area contributed by atoms with Crippen LogP contribution in [-0.2, 0) is 30.8 Å². The molecule has 0 saturated carbocycles. The van der Waals surface area contributed by atoms with Crippen molar-refractivity contribution >= 4 is 11.8 Å². The first kappa shape index (κ1) is 28.8. The van der Waals surface area contributed by atoms with Crippen molar-refractivity contribution in [2.75, 3.05) is 32.7 Å². The molecule has 0 radical (unpaired) electrons. The summed E-state index contributed by atoms with van der Waals surface area (Å²) < 4.78 is 11.2. The van der Waals surface area contributed by atoms with Gasteiger partial charge in [0.05, 0.1) is 12.3 Å². The zero-order chi connectivity index (χ0) is 28.8. The van der Waals surface area contributed by atoms with Crippen molar-refractivity contribution in [2.45, 2.75) is 58.8 Å². The molecule has 218 valence electrons. The zero-order valence-electron chi connectivity index (χ0n) is 24.0. The molecule has 0 unspecified atom stereocenters. The van der Waals surface area contributed by atoms with Crippen LogP contribution in [0, 0.1) is 12.8 Å². The molecule has 2 N–H and O–H groups in total. The number of hydrogen-bond acceptors (Lipinski definition) is 7. The Morgan fingerprint density at radius 3 is 2.78 bits per heavy atom. The van der Waals surface area contributed by atoms with Gasteiger partial charge in [-0.1, -0.05) is 18.2 Å². The number of oxazole rings is 1. The molecule has 1 fully saturated rings. The van der Waals surface area contributed by atoms with Gasteiger partial charge in [0.2, 0.25) is 5.91 Å². The van der Waals surface area contributed by atoms with Crippen LogP contribution >= 0.6 is 0 Å². The fourth-order valence-electron chi connectivity index (χ4n) is 5.95. The van der Waals surface area contributed by atoms with Crippen LogP contribution in [0.5, 0.6) is 5.75 Å². The number of fused-ring (bicyclic) bond motifs is 1. The third-order valence-electron chi connectivity index (χ3n) is 8.31. The number of aliphatic hydroxyl groups excluding tert-OH is 1. The summed E-state index contributed by atoms with van der Waals surface area (Å²) >= 11 is 0. The van der Waals surface area contributed by atoms with E-state index in [0.29, 0.717) is 30.4 Å². The zero-order valence-corrected chi connectivity index (χ0v) is 24.0. The SMILES string of the molecule is CC(=O)N1CCC(Cc2cccc(C(=O)NC[C@H](O)CN3CCc4c(ccc(OCc5cnco5)c4C)C3)c2)CC1. The number of nitrogens with one attached hydrogen (secondary N) is 1. The molecule has 3 heterocycles. The Balaban J connectivity index is 1.07. The number of rotatable bonds is 10. The number of ether oxygens (including phenoxy) is 1. The van der Waals surface area contributed by atoms with Gasteiger partial charge in [-0.25, -0.2) is 4.98 Å². The van der Waals surface area contributed by atoms with Gasteiger partial charge in [-0.15, -0.1) is 0 Å². The molecule has 3 aromatic rings. The van der Waals surface area contributed by atoms with Gasteiger partial charge in [0, 0.05) is 51.8 Å². The van der Waals surface area contributed by atoms with Crippen LogP contribution in [0.3, 0.4) is 0 Å². The number of nitrogens with zero attached hydrogens (tertiary/aromatic N) is 3. The Hall–Kier alpha value is -3.69.